The van der Waals surface area contributed by atoms with Gasteiger partial charge >= 0.3 is 5.97 Å². The molecule has 0 unspecified atom stereocenters. The second-order valence-electron chi connectivity index (χ2n) is 7.50. The summed E-state index contributed by atoms with van der Waals surface area (Å²) in [5.74, 6) is -0.333. The molecular weight excluding hydrogens is 366 g/mol. The number of ether oxygens (including phenoxy) is 1. The number of carbonyl (C=O) groups is 2. The summed E-state index contributed by atoms with van der Waals surface area (Å²) in [5.41, 5.74) is 5.05. The van der Waals surface area contributed by atoms with Crippen molar-refractivity contribution < 1.29 is 14.3 Å². The molecule has 0 aliphatic heterocycles. The van der Waals surface area contributed by atoms with Crippen LogP contribution in [0, 0.1) is 17.2 Å². The first kappa shape index (κ1) is 18.8. The smallest absolute Gasteiger partial charge is 0.338 e. The Morgan fingerprint density at radius 2 is 2.03 bits per heavy atom. The highest BCUT2D eigenvalue weighted by Gasteiger charge is 2.21. The summed E-state index contributed by atoms with van der Waals surface area (Å²) < 4.78 is 5.18. The summed E-state index contributed by atoms with van der Waals surface area (Å²) in [6, 6.07) is 13.9. The fourth-order valence-electron chi connectivity index (χ4n) is 3.76. The first-order valence-electron chi connectivity index (χ1n) is 9.64. The molecule has 1 aromatic heterocycles. The molecule has 6 nitrogen and oxygen atoms in total. The highest BCUT2D eigenvalue weighted by atomic mass is 16.5. The van der Waals surface area contributed by atoms with E-state index in [1.165, 1.54) is 17.7 Å². The number of fused-ring (bicyclic) bond motifs is 3. The molecular formula is C23H21N3O3. The van der Waals surface area contributed by atoms with Crippen LogP contribution in [-0.4, -0.2) is 23.5 Å². The number of aromatic amines is 1. The summed E-state index contributed by atoms with van der Waals surface area (Å²) >= 11 is 0. The Hall–Kier alpha value is -3.59. The SMILES string of the molecule is C[C@@H]1CCc2[nH]c3ccc(C(=O)OCC(=O)Nc4ccc(C#N)cc4)cc3c2C1. The van der Waals surface area contributed by atoms with Crippen LogP contribution >= 0.6 is 0 Å². The van der Waals surface area contributed by atoms with E-state index in [0.29, 0.717) is 22.7 Å². The monoisotopic (exact) mass is 387 g/mol. The molecule has 1 aliphatic rings. The van der Waals surface area contributed by atoms with Crippen LogP contribution in [0.2, 0.25) is 0 Å². The van der Waals surface area contributed by atoms with Crippen molar-refractivity contribution in [2.24, 2.45) is 5.92 Å². The van der Waals surface area contributed by atoms with Gasteiger partial charge in [-0.2, -0.15) is 5.26 Å². The average Bonchev–Trinajstić information content (AvgIpc) is 3.09. The van der Waals surface area contributed by atoms with Gasteiger partial charge in [0.1, 0.15) is 0 Å². The second-order valence-corrected chi connectivity index (χ2v) is 7.50. The maximum absolute atomic E-state index is 12.4. The fourth-order valence-corrected chi connectivity index (χ4v) is 3.76. The number of aromatic nitrogens is 1. The molecule has 1 aliphatic carbocycles. The molecule has 4 rings (SSSR count). The zero-order valence-corrected chi connectivity index (χ0v) is 16.1. The fraction of sp³-hybridized carbons (Fsp3) is 0.261. The topological polar surface area (TPSA) is 95.0 Å². The van der Waals surface area contributed by atoms with Gasteiger partial charge in [-0.25, -0.2) is 4.79 Å². The molecule has 0 spiro atoms. The molecule has 3 aromatic rings. The van der Waals surface area contributed by atoms with Gasteiger partial charge in [-0.3, -0.25) is 4.79 Å². The van der Waals surface area contributed by atoms with Gasteiger partial charge in [0.05, 0.1) is 17.2 Å². The molecule has 146 valence electrons. The van der Waals surface area contributed by atoms with Gasteiger partial charge in [0.2, 0.25) is 0 Å². The van der Waals surface area contributed by atoms with Gasteiger partial charge in [-0.05, 0) is 73.2 Å². The number of benzene rings is 2. The summed E-state index contributed by atoms with van der Waals surface area (Å²) in [4.78, 5) is 27.9. The molecule has 29 heavy (non-hydrogen) atoms. The van der Waals surface area contributed by atoms with Crippen LogP contribution in [0.1, 0.15) is 40.5 Å². The minimum absolute atomic E-state index is 0.376. The normalized spacial score (nSPS) is 15.4. The Morgan fingerprint density at radius 1 is 1.24 bits per heavy atom. The first-order chi connectivity index (χ1) is 14.0. The zero-order chi connectivity index (χ0) is 20.4. The van der Waals surface area contributed by atoms with Crippen molar-refractivity contribution in [1.29, 1.82) is 5.26 Å². The van der Waals surface area contributed by atoms with E-state index >= 15 is 0 Å². The van der Waals surface area contributed by atoms with Crippen molar-refractivity contribution in [3.8, 4) is 6.07 Å². The molecule has 0 bridgehead atoms. The Morgan fingerprint density at radius 3 is 2.79 bits per heavy atom. The van der Waals surface area contributed by atoms with Crippen LogP contribution in [0.25, 0.3) is 10.9 Å². The number of nitrogens with one attached hydrogen (secondary N) is 2. The average molecular weight is 387 g/mol. The van der Waals surface area contributed by atoms with Crippen molar-refractivity contribution in [3.63, 3.8) is 0 Å². The van der Waals surface area contributed by atoms with E-state index in [0.717, 1.165) is 23.7 Å². The zero-order valence-electron chi connectivity index (χ0n) is 16.1. The summed E-state index contributed by atoms with van der Waals surface area (Å²) in [6.07, 6.45) is 3.20. The molecule has 0 radical (unpaired) electrons. The summed E-state index contributed by atoms with van der Waals surface area (Å²) in [7, 11) is 0. The third-order valence-corrected chi connectivity index (χ3v) is 5.30. The van der Waals surface area contributed by atoms with E-state index in [1.807, 2.05) is 18.2 Å². The third kappa shape index (κ3) is 3.99. The Bertz CT molecular complexity index is 1120. The number of anilines is 1. The Kier molecular flexibility index (Phi) is 5.05. The lowest BCUT2D eigenvalue weighted by Gasteiger charge is -2.18. The number of amides is 1. The largest absolute Gasteiger partial charge is 0.452 e. The van der Waals surface area contributed by atoms with E-state index in [-0.39, 0.29) is 6.61 Å². The molecule has 0 saturated carbocycles. The minimum Gasteiger partial charge on any atom is -0.452 e. The van der Waals surface area contributed by atoms with E-state index < -0.39 is 11.9 Å². The van der Waals surface area contributed by atoms with Gasteiger partial charge in [-0.15, -0.1) is 0 Å². The number of carbonyl (C=O) groups excluding carboxylic acids is 2. The molecule has 2 aromatic carbocycles. The molecule has 1 atom stereocenters. The minimum atomic E-state index is -0.527. The quantitative estimate of drug-likeness (QED) is 0.663. The van der Waals surface area contributed by atoms with Gasteiger partial charge in [0.25, 0.3) is 5.91 Å². The number of esters is 1. The number of nitrogens with zero attached hydrogens (tertiary/aromatic N) is 1. The highest BCUT2D eigenvalue weighted by molar-refractivity contribution is 5.98. The molecule has 0 saturated heterocycles. The van der Waals surface area contributed by atoms with Crippen LogP contribution in [0.4, 0.5) is 5.69 Å². The number of hydrogen-bond donors (Lipinski definition) is 2. The highest BCUT2D eigenvalue weighted by Crippen LogP contribution is 2.32. The van der Waals surface area contributed by atoms with E-state index in [2.05, 4.69) is 17.2 Å². The summed E-state index contributed by atoms with van der Waals surface area (Å²) in [5, 5.41) is 12.5. The lowest BCUT2D eigenvalue weighted by atomic mass is 9.87. The Balaban J connectivity index is 1.41. The van der Waals surface area contributed by atoms with Crippen molar-refractivity contribution in [1.82, 2.24) is 4.98 Å². The van der Waals surface area contributed by atoms with Crippen LogP contribution in [0.5, 0.6) is 0 Å². The molecule has 1 heterocycles. The van der Waals surface area contributed by atoms with Gasteiger partial charge in [-0.1, -0.05) is 6.92 Å². The van der Waals surface area contributed by atoms with Gasteiger partial charge < -0.3 is 15.0 Å². The van der Waals surface area contributed by atoms with Crippen LogP contribution in [0.3, 0.4) is 0 Å². The van der Waals surface area contributed by atoms with Crippen LogP contribution in [0.15, 0.2) is 42.5 Å². The molecule has 2 N–H and O–H groups in total. The van der Waals surface area contributed by atoms with Gasteiger partial charge in [0, 0.05) is 22.3 Å². The molecule has 6 heteroatoms. The van der Waals surface area contributed by atoms with Crippen molar-refractivity contribution >= 4 is 28.5 Å². The van der Waals surface area contributed by atoms with E-state index in [4.69, 9.17) is 10.00 Å². The predicted octanol–water partition coefficient (Wildman–Crippen LogP) is 3.96. The van der Waals surface area contributed by atoms with E-state index in [1.54, 1.807) is 30.3 Å². The standard InChI is InChI=1S/C23H21N3O3/c1-14-2-8-20-18(10-14)19-11-16(5-9-21(19)26-20)23(28)29-13-22(27)25-17-6-3-15(12-24)4-7-17/h3-7,9,11,14,26H,2,8,10,13H2,1H3,(H,25,27)/t14-/m1/s1. The lowest BCUT2D eigenvalue weighted by molar-refractivity contribution is -0.119. The molecule has 1 amide bonds. The number of nitriles is 1. The number of rotatable bonds is 4. The lowest BCUT2D eigenvalue weighted by Crippen LogP contribution is -2.20. The van der Waals surface area contributed by atoms with Crippen molar-refractivity contribution in [3.05, 3.63) is 64.8 Å². The van der Waals surface area contributed by atoms with Crippen LogP contribution < -0.4 is 5.32 Å². The van der Waals surface area contributed by atoms with Crippen molar-refractivity contribution in [2.45, 2.75) is 26.2 Å². The number of aryl methyl sites for hydroxylation is 1. The number of H-pyrrole nitrogens is 1. The third-order valence-electron chi connectivity index (χ3n) is 5.30. The van der Waals surface area contributed by atoms with Gasteiger partial charge in [0.15, 0.2) is 6.61 Å². The van der Waals surface area contributed by atoms with E-state index in [9.17, 15) is 9.59 Å². The predicted molar refractivity (Wildman–Crippen MR) is 110 cm³/mol. The maximum Gasteiger partial charge on any atom is 0.338 e. The molecule has 0 fully saturated rings. The maximum atomic E-state index is 12.4. The second kappa shape index (κ2) is 7.80. The Labute approximate surface area is 168 Å². The first-order valence-corrected chi connectivity index (χ1v) is 9.64. The van der Waals surface area contributed by atoms with Crippen LogP contribution in [-0.2, 0) is 22.4 Å². The van der Waals surface area contributed by atoms with Crippen molar-refractivity contribution in [2.75, 3.05) is 11.9 Å². The summed E-state index contributed by atoms with van der Waals surface area (Å²) in [6.45, 7) is 1.87. The number of hydrogen-bond acceptors (Lipinski definition) is 4.